The Labute approximate surface area is 202 Å². The number of rotatable bonds is 10. The highest BCUT2D eigenvalue weighted by Gasteiger charge is 2.21. The molecule has 6 nitrogen and oxygen atoms in total. The van der Waals surface area contributed by atoms with E-state index in [2.05, 4.69) is 18.9 Å². The first-order chi connectivity index (χ1) is 16.2. The Kier molecular flexibility index (Phi) is 8.48. The van der Waals surface area contributed by atoms with Crippen LogP contribution < -0.4 is 5.69 Å². The minimum atomic E-state index is -0.557. The molecule has 0 aliphatic heterocycles. The molecule has 0 amide bonds. The summed E-state index contributed by atoms with van der Waals surface area (Å²) in [7, 11) is 0. The fraction of sp³-hybridized carbons (Fsp3) is 0.464. The molecule has 34 heavy (non-hydrogen) atoms. The second-order valence-corrected chi connectivity index (χ2v) is 9.71. The molecular weight excluding hydrogens is 426 g/mol. The maximum atomic E-state index is 13.0. The maximum Gasteiger partial charge on any atom is 0.346 e. The summed E-state index contributed by atoms with van der Waals surface area (Å²) in [6.45, 7) is 11.0. The van der Waals surface area contributed by atoms with E-state index in [0.29, 0.717) is 18.7 Å². The van der Waals surface area contributed by atoms with Crippen molar-refractivity contribution in [3.05, 3.63) is 76.0 Å². The quantitative estimate of drug-likeness (QED) is 0.353. The third kappa shape index (κ3) is 6.46. The topological polar surface area (TPSA) is 66.1 Å². The predicted molar refractivity (Wildman–Crippen MR) is 136 cm³/mol. The molecule has 1 heterocycles. The lowest BCUT2D eigenvalue weighted by Crippen LogP contribution is -2.26. The number of hydrogen-bond donors (Lipinski definition) is 0. The van der Waals surface area contributed by atoms with E-state index in [-0.39, 0.29) is 11.7 Å². The van der Waals surface area contributed by atoms with E-state index in [1.807, 2.05) is 63.2 Å². The van der Waals surface area contributed by atoms with Crippen LogP contribution in [0.25, 0.3) is 11.1 Å². The standard InChI is InChI=1S/C28H37N3O3/c1-6-8-14-25-29-31(19-9-7-2)27(33)30(25)20-21-15-17-22(18-16-21)23-12-10-11-13-24(23)26(32)34-28(3,4)5/h10-13,15-18H,6-9,14,19-20H2,1-5H3. The van der Waals surface area contributed by atoms with Crippen LogP contribution in [0.2, 0.25) is 0 Å². The lowest BCUT2D eigenvalue weighted by molar-refractivity contribution is 0.00704. The van der Waals surface area contributed by atoms with Crippen molar-refractivity contribution < 1.29 is 9.53 Å². The number of hydrogen-bond acceptors (Lipinski definition) is 4. The monoisotopic (exact) mass is 463 g/mol. The van der Waals surface area contributed by atoms with E-state index in [4.69, 9.17) is 4.74 Å². The molecule has 0 spiro atoms. The van der Waals surface area contributed by atoms with Crippen LogP contribution in [-0.4, -0.2) is 25.9 Å². The van der Waals surface area contributed by atoms with Crippen molar-refractivity contribution in [3.63, 3.8) is 0 Å². The Balaban J connectivity index is 1.86. The van der Waals surface area contributed by atoms with E-state index in [1.165, 1.54) is 0 Å². The van der Waals surface area contributed by atoms with Crippen LogP contribution >= 0.6 is 0 Å². The fourth-order valence-corrected chi connectivity index (χ4v) is 3.84. The maximum absolute atomic E-state index is 13.0. The van der Waals surface area contributed by atoms with Gasteiger partial charge in [0.15, 0.2) is 0 Å². The van der Waals surface area contributed by atoms with Gasteiger partial charge in [-0.3, -0.25) is 4.57 Å². The van der Waals surface area contributed by atoms with E-state index in [0.717, 1.165) is 54.6 Å². The first kappa shape index (κ1) is 25.5. The SMILES string of the molecule is CCCCc1nn(CCCC)c(=O)n1Cc1ccc(-c2ccccc2C(=O)OC(C)(C)C)cc1. The Morgan fingerprint density at radius 2 is 1.65 bits per heavy atom. The van der Waals surface area contributed by atoms with E-state index < -0.39 is 5.60 Å². The van der Waals surface area contributed by atoms with Crippen LogP contribution in [0.5, 0.6) is 0 Å². The highest BCUT2D eigenvalue weighted by atomic mass is 16.6. The number of carbonyl (C=O) groups excluding carboxylic acids is 1. The van der Waals surface area contributed by atoms with Gasteiger partial charge in [-0.2, -0.15) is 5.10 Å². The second-order valence-electron chi connectivity index (χ2n) is 9.71. The summed E-state index contributed by atoms with van der Waals surface area (Å²) in [5, 5.41) is 4.62. The molecule has 2 aromatic carbocycles. The molecule has 3 rings (SSSR count). The number of benzene rings is 2. The molecule has 3 aromatic rings. The summed E-state index contributed by atoms with van der Waals surface area (Å²) >= 11 is 0. The second kappa shape index (κ2) is 11.3. The molecule has 0 aliphatic carbocycles. The van der Waals surface area contributed by atoms with Crippen LogP contribution in [0.1, 0.15) is 82.0 Å². The molecular formula is C28H37N3O3. The van der Waals surface area contributed by atoms with Crippen molar-refractivity contribution in [2.75, 3.05) is 0 Å². The number of ether oxygens (including phenoxy) is 1. The van der Waals surface area contributed by atoms with Crippen LogP contribution in [-0.2, 0) is 24.2 Å². The van der Waals surface area contributed by atoms with Crippen LogP contribution in [0, 0.1) is 0 Å². The average Bonchev–Trinajstić information content (AvgIpc) is 3.10. The van der Waals surface area contributed by atoms with Crippen molar-refractivity contribution in [2.45, 2.75) is 85.4 Å². The van der Waals surface area contributed by atoms with Crippen molar-refractivity contribution in [1.29, 1.82) is 0 Å². The third-order valence-corrected chi connectivity index (χ3v) is 5.63. The summed E-state index contributed by atoms with van der Waals surface area (Å²) < 4.78 is 9.00. The van der Waals surface area contributed by atoms with E-state index >= 15 is 0 Å². The van der Waals surface area contributed by atoms with Gasteiger partial charge in [-0.1, -0.05) is 69.2 Å². The lowest BCUT2D eigenvalue weighted by atomic mass is 9.98. The zero-order valence-corrected chi connectivity index (χ0v) is 21.1. The molecule has 1 aromatic heterocycles. The van der Waals surface area contributed by atoms with Gasteiger partial charge in [0, 0.05) is 13.0 Å². The van der Waals surface area contributed by atoms with Gasteiger partial charge in [0.2, 0.25) is 0 Å². The highest BCUT2D eigenvalue weighted by Crippen LogP contribution is 2.26. The third-order valence-electron chi connectivity index (χ3n) is 5.63. The number of aryl methyl sites for hydroxylation is 2. The number of carbonyl (C=O) groups is 1. The number of aromatic nitrogens is 3. The number of unbranched alkanes of at least 4 members (excludes halogenated alkanes) is 2. The normalized spacial score (nSPS) is 11.6. The Bertz CT molecular complexity index is 1150. The molecule has 0 saturated heterocycles. The zero-order valence-electron chi connectivity index (χ0n) is 21.1. The summed E-state index contributed by atoms with van der Waals surface area (Å²) in [4.78, 5) is 25.7. The van der Waals surface area contributed by atoms with Gasteiger partial charge in [0.25, 0.3) is 0 Å². The molecule has 0 bridgehead atoms. The van der Waals surface area contributed by atoms with Crippen LogP contribution in [0.15, 0.2) is 53.3 Å². The summed E-state index contributed by atoms with van der Waals surface area (Å²) in [5.74, 6) is 0.515. The van der Waals surface area contributed by atoms with Gasteiger partial charge in [-0.25, -0.2) is 14.3 Å². The first-order valence-corrected chi connectivity index (χ1v) is 12.3. The zero-order chi connectivity index (χ0) is 24.7. The highest BCUT2D eigenvalue weighted by molar-refractivity contribution is 5.97. The Morgan fingerprint density at radius 3 is 2.29 bits per heavy atom. The lowest BCUT2D eigenvalue weighted by Gasteiger charge is -2.20. The van der Waals surface area contributed by atoms with E-state index in [9.17, 15) is 9.59 Å². The summed E-state index contributed by atoms with van der Waals surface area (Å²) in [6.07, 6.45) is 4.82. The molecule has 0 aliphatic rings. The van der Waals surface area contributed by atoms with Gasteiger partial charge in [0.05, 0.1) is 12.1 Å². The van der Waals surface area contributed by atoms with Gasteiger partial charge in [-0.15, -0.1) is 0 Å². The number of esters is 1. The minimum Gasteiger partial charge on any atom is -0.456 e. The Morgan fingerprint density at radius 1 is 0.971 bits per heavy atom. The van der Waals surface area contributed by atoms with Crippen molar-refractivity contribution in [3.8, 4) is 11.1 Å². The average molecular weight is 464 g/mol. The molecule has 0 atom stereocenters. The van der Waals surface area contributed by atoms with E-state index in [1.54, 1.807) is 15.3 Å². The summed E-state index contributed by atoms with van der Waals surface area (Å²) in [5.41, 5.74) is 2.73. The molecule has 0 N–H and O–H groups in total. The van der Waals surface area contributed by atoms with Crippen molar-refractivity contribution in [1.82, 2.24) is 14.3 Å². The smallest absolute Gasteiger partial charge is 0.346 e. The van der Waals surface area contributed by atoms with Gasteiger partial charge >= 0.3 is 11.7 Å². The van der Waals surface area contributed by atoms with Gasteiger partial charge in [0.1, 0.15) is 11.4 Å². The minimum absolute atomic E-state index is 0.0427. The molecule has 0 fully saturated rings. The fourth-order valence-electron chi connectivity index (χ4n) is 3.84. The molecule has 182 valence electrons. The number of nitrogens with zero attached hydrogens (tertiary/aromatic N) is 3. The van der Waals surface area contributed by atoms with Crippen LogP contribution in [0.4, 0.5) is 0 Å². The van der Waals surface area contributed by atoms with Crippen molar-refractivity contribution >= 4 is 5.97 Å². The predicted octanol–water partition coefficient (Wildman–Crippen LogP) is 5.86. The van der Waals surface area contributed by atoms with Crippen LogP contribution in [0.3, 0.4) is 0 Å². The molecule has 0 saturated carbocycles. The molecule has 0 radical (unpaired) electrons. The summed E-state index contributed by atoms with van der Waals surface area (Å²) in [6, 6.07) is 15.5. The van der Waals surface area contributed by atoms with Crippen molar-refractivity contribution in [2.24, 2.45) is 0 Å². The molecule has 0 unspecified atom stereocenters. The first-order valence-electron chi connectivity index (χ1n) is 12.3. The Hall–Kier alpha value is -3.15. The van der Waals surface area contributed by atoms with Gasteiger partial charge < -0.3 is 4.74 Å². The molecule has 6 heteroatoms. The van der Waals surface area contributed by atoms with Gasteiger partial charge in [-0.05, 0) is 56.4 Å². The largest absolute Gasteiger partial charge is 0.456 e.